The molecule has 3 N–H and O–H groups in total. The quantitative estimate of drug-likeness (QED) is 0.594. The third kappa shape index (κ3) is 2.69. The first-order chi connectivity index (χ1) is 6.24. The second kappa shape index (κ2) is 4.39. The first kappa shape index (κ1) is 9.43. The summed E-state index contributed by atoms with van der Waals surface area (Å²) in [5, 5.41) is 18.4. The van der Waals surface area contributed by atoms with E-state index in [-0.39, 0.29) is 12.1 Å². The summed E-state index contributed by atoms with van der Waals surface area (Å²) in [7, 11) is 0. The topological polar surface area (TPSA) is 95.6 Å². The number of aromatic nitrogens is 4. The van der Waals surface area contributed by atoms with Gasteiger partial charge in [-0.2, -0.15) is 5.21 Å². The highest BCUT2D eigenvalue weighted by molar-refractivity contribution is 5.74. The number of urea groups is 1. The van der Waals surface area contributed by atoms with Gasteiger partial charge in [-0.1, -0.05) is 5.21 Å². The molecule has 0 radical (unpaired) electrons. The number of rotatable bonds is 3. The van der Waals surface area contributed by atoms with E-state index in [0.29, 0.717) is 12.4 Å². The highest BCUT2D eigenvalue weighted by atomic mass is 16.2. The molecule has 1 aromatic rings. The van der Waals surface area contributed by atoms with Crippen LogP contribution in [0.25, 0.3) is 0 Å². The van der Waals surface area contributed by atoms with Crippen LogP contribution in [-0.2, 0) is 0 Å². The minimum absolute atomic E-state index is 0.236. The molecule has 0 aliphatic heterocycles. The second-order valence-electron chi connectivity index (χ2n) is 2.50. The smallest absolute Gasteiger partial charge is 0.315 e. The van der Waals surface area contributed by atoms with Gasteiger partial charge in [0.05, 0.1) is 6.04 Å². The molecule has 0 aliphatic rings. The molecule has 0 fully saturated rings. The average Bonchev–Trinajstić information content (AvgIpc) is 2.55. The molecule has 0 aromatic carbocycles. The van der Waals surface area contributed by atoms with E-state index < -0.39 is 0 Å². The average molecular weight is 184 g/mol. The Bertz CT molecular complexity index is 258. The lowest BCUT2D eigenvalue weighted by molar-refractivity contribution is 0.238. The third-order valence-electron chi connectivity index (χ3n) is 1.43. The summed E-state index contributed by atoms with van der Waals surface area (Å²) in [4.78, 5) is 11.0. The molecule has 0 spiro atoms. The monoisotopic (exact) mass is 184 g/mol. The highest BCUT2D eigenvalue weighted by Gasteiger charge is 2.11. The van der Waals surface area contributed by atoms with Crippen LogP contribution in [0.15, 0.2) is 0 Å². The number of aromatic amines is 1. The first-order valence-electron chi connectivity index (χ1n) is 4.01. The molecule has 7 heteroatoms. The third-order valence-corrected chi connectivity index (χ3v) is 1.43. The van der Waals surface area contributed by atoms with Crippen LogP contribution in [0.3, 0.4) is 0 Å². The van der Waals surface area contributed by atoms with Gasteiger partial charge in [-0.15, -0.1) is 10.2 Å². The molecule has 1 heterocycles. The van der Waals surface area contributed by atoms with Crippen LogP contribution in [-0.4, -0.2) is 33.2 Å². The fraction of sp³-hybridized carbons (Fsp3) is 0.667. The van der Waals surface area contributed by atoms with Crippen molar-refractivity contribution in [1.29, 1.82) is 0 Å². The number of hydrogen-bond acceptors (Lipinski definition) is 4. The maximum atomic E-state index is 11.0. The van der Waals surface area contributed by atoms with Gasteiger partial charge in [0.15, 0.2) is 5.82 Å². The number of H-pyrrole nitrogens is 1. The van der Waals surface area contributed by atoms with E-state index in [1.165, 1.54) is 0 Å². The maximum absolute atomic E-state index is 11.0. The van der Waals surface area contributed by atoms with E-state index in [2.05, 4.69) is 31.3 Å². The van der Waals surface area contributed by atoms with Crippen molar-refractivity contribution in [2.24, 2.45) is 0 Å². The Morgan fingerprint density at radius 1 is 1.69 bits per heavy atom. The molecule has 1 unspecified atom stereocenters. The summed E-state index contributed by atoms with van der Waals surface area (Å²) >= 11 is 0. The van der Waals surface area contributed by atoms with Crippen molar-refractivity contribution < 1.29 is 4.79 Å². The number of carbonyl (C=O) groups is 1. The van der Waals surface area contributed by atoms with E-state index in [4.69, 9.17) is 0 Å². The van der Waals surface area contributed by atoms with Crippen molar-refractivity contribution in [2.75, 3.05) is 6.54 Å². The van der Waals surface area contributed by atoms with E-state index in [1.807, 2.05) is 6.92 Å². The van der Waals surface area contributed by atoms with E-state index >= 15 is 0 Å². The standard InChI is InChI=1S/C6H12N6O/c1-3-7-6(13)8-4(2)5-9-11-12-10-5/h4H,3H2,1-2H3,(H2,7,8,13)(H,9,10,11,12). The zero-order valence-electron chi connectivity index (χ0n) is 7.53. The Hall–Kier alpha value is -1.66. The molecule has 0 aliphatic carbocycles. The summed E-state index contributed by atoms with van der Waals surface area (Å²) in [6.45, 7) is 4.21. The molecular weight excluding hydrogens is 172 g/mol. The lowest BCUT2D eigenvalue weighted by atomic mass is 10.3. The van der Waals surface area contributed by atoms with Gasteiger partial charge in [0.2, 0.25) is 0 Å². The molecular formula is C6H12N6O. The Morgan fingerprint density at radius 3 is 3.00 bits per heavy atom. The van der Waals surface area contributed by atoms with E-state index in [1.54, 1.807) is 6.92 Å². The lowest BCUT2D eigenvalue weighted by Crippen LogP contribution is -2.37. The van der Waals surface area contributed by atoms with Crippen LogP contribution in [0.1, 0.15) is 25.7 Å². The van der Waals surface area contributed by atoms with Gasteiger partial charge < -0.3 is 10.6 Å². The van der Waals surface area contributed by atoms with Crippen LogP contribution in [0, 0.1) is 0 Å². The van der Waals surface area contributed by atoms with E-state index in [9.17, 15) is 4.79 Å². The zero-order chi connectivity index (χ0) is 9.68. The summed E-state index contributed by atoms with van der Waals surface area (Å²) in [6.07, 6.45) is 0. The minimum atomic E-state index is -0.245. The molecule has 0 saturated heterocycles. The molecule has 1 atom stereocenters. The SMILES string of the molecule is CCNC(=O)NC(C)c1nn[nH]n1. The molecule has 0 bridgehead atoms. The van der Waals surface area contributed by atoms with Crippen molar-refractivity contribution in [3.8, 4) is 0 Å². The molecule has 0 saturated carbocycles. The van der Waals surface area contributed by atoms with Gasteiger partial charge in [0.25, 0.3) is 0 Å². The van der Waals surface area contributed by atoms with Crippen molar-refractivity contribution >= 4 is 6.03 Å². The van der Waals surface area contributed by atoms with Gasteiger partial charge in [0.1, 0.15) is 0 Å². The predicted octanol–water partition coefficient (Wildman–Crippen LogP) is -0.420. The number of carbonyl (C=O) groups excluding carboxylic acids is 1. The van der Waals surface area contributed by atoms with E-state index in [0.717, 1.165) is 0 Å². The Kier molecular flexibility index (Phi) is 3.18. The van der Waals surface area contributed by atoms with Crippen molar-refractivity contribution in [2.45, 2.75) is 19.9 Å². The molecule has 7 nitrogen and oxygen atoms in total. The first-order valence-corrected chi connectivity index (χ1v) is 4.01. The summed E-state index contributed by atoms with van der Waals surface area (Å²) < 4.78 is 0. The largest absolute Gasteiger partial charge is 0.338 e. The van der Waals surface area contributed by atoms with Crippen LogP contribution >= 0.6 is 0 Å². The molecule has 1 aromatic heterocycles. The predicted molar refractivity (Wildman–Crippen MR) is 44.8 cm³/mol. The van der Waals surface area contributed by atoms with Crippen LogP contribution in [0.2, 0.25) is 0 Å². The molecule has 13 heavy (non-hydrogen) atoms. The lowest BCUT2D eigenvalue weighted by Gasteiger charge is -2.09. The molecule has 72 valence electrons. The van der Waals surface area contributed by atoms with Crippen LogP contribution in [0.4, 0.5) is 4.79 Å². The molecule has 1 rings (SSSR count). The van der Waals surface area contributed by atoms with Gasteiger partial charge in [-0.25, -0.2) is 4.79 Å². The second-order valence-corrected chi connectivity index (χ2v) is 2.50. The summed E-state index contributed by atoms with van der Waals surface area (Å²) in [6, 6.07) is -0.481. The van der Waals surface area contributed by atoms with Gasteiger partial charge in [0, 0.05) is 6.54 Å². The van der Waals surface area contributed by atoms with Crippen molar-refractivity contribution in [1.82, 2.24) is 31.3 Å². The van der Waals surface area contributed by atoms with Crippen molar-refractivity contribution in [3.63, 3.8) is 0 Å². The Morgan fingerprint density at radius 2 is 2.46 bits per heavy atom. The number of nitrogens with one attached hydrogen (secondary N) is 3. The zero-order valence-corrected chi connectivity index (χ0v) is 7.53. The van der Waals surface area contributed by atoms with Gasteiger partial charge in [-0.3, -0.25) is 0 Å². The fourth-order valence-electron chi connectivity index (χ4n) is 0.826. The highest BCUT2D eigenvalue weighted by Crippen LogP contribution is 2.01. The van der Waals surface area contributed by atoms with Gasteiger partial charge in [-0.05, 0) is 13.8 Å². The van der Waals surface area contributed by atoms with Crippen LogP contribution in [0.5, 0.6) is 0 Å². The van der Waals surface area contributed by atoms with Crippen molar-refractivity contribution in [3.05, 3.63) is 5.82 Å². The van der Waals surface area contributed by atoms with Crippen LogP contribution < -0.4 is 10.6 Å². The molecule has 2 amide bonds. The Labute approximate surface area is 75.3 Å². The number of amides is 2. The van der Waals surface area contributed by atoms with Gasteiger partial charge >= 0.3 is 6.03 Å². The Balaban J connectivity index is 2.42. The normalized spacial score (nSPS) is 12.2. The summed E-state index contributed by atoms with van der Waals surface area (Å²) in [5.41, 5.74) is 0. The number of hydrogen-bond donors (Lipinski definition) is 3. The minimum Gasteiger partial charge on any atom is -0.338 e. The maximum Gasteiger partial charge on any atom is 0.315 e. The number of tetrazole rings is 1. The number of nitrogens with zero attached hydrogens (tertiary/aromatic N) is 3. The summed E-state index contributed by atoms with van der Waals surface area (Å²) in [5.74, 6) is 0.464. The fourth-order valence-corrected chi connectivity index (χ4v) is 0.826.